The molecule has 0 spiro atoms. The molecular weight excluding hydrogens is 190 g/mol. The summed E-state index contributed by atoms with van der Waals surface area (Å²) in [4.78, 5) is 4.22. The molecule has 0 aromatic heterocycles. The van der Waals surface area contributed by atoms with Crippen molar-refractivity contribution in [2.24, 2.45) is 4.99 Å². The molecular formula is C12H11NO2. The maximum atomic E-state index is 5.52. The van der Waals surface area contributed by atoms with Gasteiger partial charge in [0.2, 0.25) is 0 Å². The van der Waals surface area contributed by atoms with Crippen LogP contribution in [0.15, 0.2) is 41.4 Å². The van der Waals surface area contributed by atoms with E-state index in [9.17, 15) is 0 Å². The van der Waals surface area contributed by atoms with E-state index >= 15 is 0 Å². The van der Waals surface area contributed by atoms with Crippen molar-refractivity contribution in [3.8, 4) is 0 Å². The second-order valence-corrected chi connectivity index (χ2v) is 3.55. The third-order valence-corrected chi connectivity index (χ3v) is 2.65. The first-order valence-electron chi connectivity index (χ1n) is 4.97. The van der Waals surface area contributed by atoms with Gasteiger partial charge in [-0.05, 0) is 17.2 Å². The average molecular weight is 201 g/mol. The van der Waals surface area contributed by atoms with Crippen molar-refractivity contribution in [2.45, 2.75) is 12.3 Å². The number of fused-ring (bicyclic) bond motifs is 1. The minimum atomic E-state index is -0.162. The van der Waals surface area contributed by atoms with Crippen LogP contribution in [0.25, 0.3) is 5.57 Å². The zero-order valence-corrected chi connectivity index (χ0v) is 8.17. The summed E-state index contributed by atoms with van der Waals surface area (Å²) in [5.74, 6) is 0. The van der Waals surface area contributed by atoms with Gasteiger partial charge in [-0.3, -0.25) is 4.99 Å². The smallest absolute Gasteiger partial charge is 0.181 e. The van der Waals surface area contributed by atoms with Crippen LogP contribution in [0, 0.1) is 0 Å². The lowest BCUT2D eigenvalue weighted by atomic mass is 9.98. The van der Waals surface area contributed by atoms with Gasteiger partial charge >= 0.3 is 0 Å². The Balaban J connectivity index is 1.99. The molecule has 2 heterocycles. The molecule has 0 radical (unpaired) electrons. The number of aliphatic imine (C=N–C) groups is 1. The van der Waals surface area contributed by atoms with Gasteiger partial charge in [0.05, 0.1) is 0 Å². The first-order valence-corrected chi connectivity index (χ1v) is 4.97. The maximum absolute atomic E-state index is 5.52. The van der Waals surface area contributed by atoms with Crippen molar-refractivity contribution in [1.29, 1.82) is 0 Å². The van der Waals surface area contributed by atoms with Crippen molar-refractivity contribution >= 4 is 11.8 Å². The summed E-state index contributed by atoms with van der Waals surface area (Å²) >= 11 is 0. The predicted octanol–water partition coefficient (Wildman–Crippen LogP) is 1.85. The SMILES string of the molecule is C1=NC2OCOC2C(c2ccccc2)=C1. The van der Waals surface area contributed by atoms with Gasteiger partial charge in [-0.15, -0.1) is 0 Å². The summed E-state index contributed by atoms with van der Waals surface area (Å²) in [7, 11) is 0. The number of hydrogen-bond acceptors (Lipinski definition) is 3. The summed E-state index contributed by atoms with van der Waals surface area (Å²) < 4.78 is 10.9. The van der Waals surface area contributed by atoms with Crippen LogP contribution in [0.1, 0.15) is 5.56 Å². The molecule has 2 atom stereocenters. The molecule has 2 aliphatic heterocycles. The molecule has 1 aromatic carbocycles. The molecule has 3 nitrogen and oxygen atoms in total. The largest absolute Gasteiger partial charge is 0.343 e. The quantitative estimate of drug-likeness (QED) is 0.694. The molecule has 1 fully saturated rings. The minimum absolute atomic E-state index is 0.0441. The van der Waals surface area contributed by atoms with Crippen LogP contribution in [-0.2, 0) is 9.47 Å². The van der Waals surface area contributed by atoms with Crippen LogP contribution in [0.3, 0.4) is 0 Å². The van der Waals surface area contributed by atoms with Crippen LogP contribution in [-0.4, -0.2) is 25.3 Å². The Morgan fingerprint density at radius 1 is 1.13 bits per heavy atom. The second-order valence-electron chi connectivity index (χ2n) is 3.55. The van der Waals surface area contributed by atoms with Gasteiger partial charge in [-0.1, -0.05) is 30.3 Å². The van der Waals surface area contributed by atoms with Crippen molar-refractivity contribution in [3.05, 3.63) is 42.0 Å². The first kappa shape index (κ1) is 8.83. The van der Waals surface area contributed by atoms with E-state index in [2.05, 4.69) is 17.1 Å². The topological polar surface area (TPSA) is 30.8 Å². The highest BCUT2D eigenvalue weighted by atomic mass is 16.7. The predicted molar refractivity (Wildman–Crippen MR) is 57.5 cm³/mol. The summed E-state index contributed by atoms with van der Waals surface area (Å²) in [6, 6.07) is 10.2. The highest BCUT2D eigenvalue weighted by molar-refractivity contribution is 5.88. The Morgan fingerprint density at radius 2 is 2.00 bits per heavy atom. The summed E-state index contributed by atoms with van der Waals surface area (Å²) in [5.41, 5.74) is 2.32. The standard InChI is InChI=1S/C12H11NO2/c1-2-4-9(5-3-1)10-6-7-13-12-11(10)14-8-15-12/h1-7,11-12H,8H2. The molecule has 15 heavy (non-hydrogen) atoms. The van der Waals surface area contributed by atoms with Crippen molar-refractivity contribution in [3.63, 3.8) is 0 Å². The van der Waals surface area contributed by atoms with Crippen LogP contribution >= 0.6 is 0 Å². The molecule has 0 saturated carbocycles. The third kappa shape index (κ3) is 1.50. The van der Waals surface area contributed by atoms with E-state index in [1.807, 2.05) is 24.3 Å². The number of dihydropyridines is 1. The highest BCUT2D eigenvalue weighted by Gasteiger charge is 2.33. The lowest BCUT2D eigenvalue weighted by Gasteiger charge is -2.19. The number of allylic oxidation sites excluding steroid dienone is 1. The average Bonchev–Trinajstić information content (AvgIpc) is 2.78. The van der Waals surface area contributed by atoms with Gasteiger partial charge in [0.15, 0.2) is 13.0 Å². The fourth-order valence-electron chi connectivity index (χ4n) is 1.91. The number of benzene rings is 1. The molecule has 0 bridgehead atoms. The van der Waals surface area contributed by atoms with Crippen LogP contribution in [0.5, 0.6) is 0 Å². The van der Waals surface area contributed by atoms with Gasteiger partial charge in [-0.2, -0.15) is 0 Å². The molecule has 1 aromatic rings. The number of ether oxygens (including phenoxy) is 2. The van der Waals surface area contributed by atoms with Crippen LogP contribution in [0.4, 0.5) is 0 Å². The van der Waals surface area contributed by atoms with E-state index in [0.717, 1.165) is 5.57 Å². The van der Waals surface area contributed by atoms with E-state index in [1.165, 1.54) is 5.56 Å². The van der Waals surface area contributed by atoms with E-state index in [1.54, 1.807) is 6.21 Å². The van der Waals surface area contributed by atoms with Crippen LogP contribution in [0.2, 0.25) is 0 Å². The van der Waals surface area contributed by atoms with E-state index < -0.39 is 0 Å². The number of hydrogen-bond donors (Lipinski definition) is 0. The molecule has 76 valence electrons. The molecule has 2 unspecified atom stereocenters. The fraction of sp³-hybridized carbons (Fsp3) is 0.250. The normalized spacial score (nSPS) is 28.7. The monoisotopic (exact) mass is 201 g/mol. The van der Waals surface area contributed by atoms with Gasteiger partial charge < -0.3 is 9.47 Å². The zero-order valence-electron chi connectivity index (χ0n) is 8.17. The number of rotatable bonds is 1. The molecule has 3 heteroatoms. The molecule has 0 aliphatic carbocycles. The Kier molecular flexibility index (Phi) is 2.12. The highest BCUT2D eigenvalue weighted by Crippen LogP contribution is 2.30. The van der Waals surface area contributed by atoms with Crippen molar-refractivity contribution in [2.75, 3.05) is 6.79 Å². The van der Waals surface area contributed by atoms with Gasteiger partial charge in [-0.25, -0.2) is 0 Å². The van der Waals surface area contributed by atoms with Crippen molar-refractivity contribution in [1.82, 2.24) is 0 Å². The molecule has 0 amide bonds. The Morgan fingerprint density at radius 3 is 2.87 bits per heavy atom. The first-order chi connectivity index (χ1) is 7.45. The Hall–Kier alpha value is -1.45. The van der Waals surface area contributed by atoms with E-state index in [-0.39, 0.29) is 12.3 Å². The maximum Gasteiger partial charge on any atom is 0.181 e. The second kappa shape index (κ2) is 3.61. The number of nitrogens with zero attached hydrogens (tertiary/aromatic N) is 1. The van der Waals surface area contributed by atoms with Crippen LogP contribution < -0.4 is 0 Å². The van der Waals surface area contributed by atoms with E-state index in [4.69, 9.17) is 9.47 Å². The Labute approximate surface area is 88.0 Å². The lowest BCUT2D eigenvalue weighted by Crippen LogP contribution is -2.24. The molecule has 0 N–H and O–H groups in total. The van der Waals surface area contributed by atoms with Gasteiger partial charge in [0.1, 0.15) is 6.10 Å². The minimum Gasteiger partial charge on any atom is -0.343 e. The summed E-state index contributed by atoms with van der Waals surface area (Å²) in [6.07, 6.45) is 3.58. The fourth-order valence-corrected chi connectivity index (χ4v) is 1.91. The van der Waals surface area contributed by atoms with Gasteiger partial charge in [0.25, 0.3) is 0 Å². The van der Waals surface area contributed by atoms with E-state index in [0.29, 0.717) is 6.79 Å². The molecule has 2 aliphatic rings. The third-order valence-electron chi connectivity index (χ3n) is 2.65. The molecule has 1 saturated heterocycles. The lowest BCUT2D eigenvalue weighted by molar-refractivity contribution is 0.0457. The van der Waals surface area contributed by atoms with Gasteiger partial charge in [0, 0.05) is 6.21 Å². The zero-order chi connectivity index (χ0) is 10.1. The summed E-state index contributed by atoms with van der Waals surface area (Å²) in [5, 5.41) is 0. The molecule has 3 rings (SSSR count). The summed E-state index contributed by atoms with van der Waals surface area (Å²) in [6.45, 7) is 0.330. The van der Waals surface area contributed by atoms with Crippen molar-refractivity contribution < 1.29 is 9.47 Å². The Bertz CT molecular complexity index is 411.